The first-order valence-electron chi connectivity index (χ1n) is 5.95. The van der Waals surface area contributed by atoms with E-state index in [4.69, 9.17) is 5.73 Å². The molecule has 0 saturated heterocycles. The van der Waals surface area contributed by atoms with E-state index >= 15 is 0 Å². The Hall–Kier alpha value is -2.08. The lowest BCUT2D eigenvalue weighted by atomic mass is 10.2. The highest BCUT2D eigenvalue weighted by molar-refractivity contribution is 7.92. The molecule has 0 unspecified atom stereocenters. The van der Waals surface area contributed by atoms with Crippen LogP contribution in [0.15, 0.2) is 41.3 Å². The van der Waals surface area contributed by atoms with Crippen molar-refractivity contribution in [1.29, 1.82) is 0 Å². The molecular weight excluding hydrogens is 279 g/mol. The van der Waals surface area contributed by atoms with Crippen LogP contribution < -0.4 is 10.5 Å². The zero-order valence-electron chi connectivity index (χ0n) is 11.1. The largest absolute Gasteiger partial charge is 0.398 e. The molecular formula is C14H15FN2O2S. The summed E-state index contributed by atoms with van der Waals surface area (Å²) in [6, 6.07) is 8.71. The summed E-state index contributed by atoms with van der Waals surface area (Å²) in [6.07, 6.45) is 0. The lowest BCUT2D eigenvalue weighted by Gasteiger charge is -2.11. The molecule has 2 rings (SSSR count). The van der Waals surface area contributed by atoms with E-state index in [1.54, 1.807) is 19.1 Å². The van der Waals surface area contributed by atoms with E-state index in [-0.39, 0.29) is 16.4 Å². The molecule has 0 atom stereocenters. The Labute approximate surface area is 117 Å². The van der Waals surface area contributed by atoms with Gasteiger partial charge >= 0.3 is 0 Å². The van der Waals surface area contributed by atoms with Crippen LogP contribution >= 0.6 is 0 Å². The van der Waals surface area contributed by atoms with Gasteiger partial charge in [0.15, 0.2) is 0 Å². The molecule has 0 radical (unpaired) electrons. The monoisotopic (exact) mass is 294 g/mol. The number of nitrogens with one attached hydrogen (secondary N) is 1. The molecule has 4 nitrogen and oxygen atoms in total. The predicted octanol–water partition coefficient (Wildman–Crippen LogP) is 2.83. The molecule has 0 bridgehead atoms. The minimum atomic E-state index is -3.79. The Balaban J connectivity index is 2.38. The molecule has 0 amide bonds. The van der Waals surface area contributed by atoms with Crippen LogP contribution in [0.3, 0.4) is 0 Å². The smallest absolute Gasteiger partial charge is 0.263 e. The second-order valence-corrected chi connectivity index (χ2v) is 6.26. The number of nitrogens with two attached hydrogens (primary N) is 1. The Morgan fingerprint density at radius 1 is 1.10 bits per heavy atom. The normalized spacial score (nSPS) is 11.3. The Bertz CT molecular complexity index is 758. The van der Waals surface area contributed by atoms with Gasteiger partial charge < -0.3 is 5.73 Å². The molecule has 2 aromatic carbocycles. The number of nitrogen functional groups attached to an aromatic ring is 1. The lowest BCUT2D eigenvalue weighted by molar-refractivity contribution is 0.601. The number of sulfonamides is 1. The Morgan fingerprint density at radius 2 is 1.80 bits per heavy atom. The van der Waals surface area contributed by atoms with E-state index in [0.717, 1.165) is 5.56 Å². The average Bonchev–Trinajstić information content (AvgIpc) is 2.33. The van der Waals surface area contributed by atoms with Crippen molar-refractivity contribution in [3.05, 3.63) is 53.3 Å². The van der Waals surface area contributed by atoms with Crippen LogP contribution in [0, 0.1) is 19.7 Å². The average molecular weight is 294 g/mol. The van der Waals surface area contributed by atoms with Gasteiger partial charge in [-0.1, -0.05) is 6.07 Å². The topological polar surface area (TPSA) is 72.2 Å². The van der Waals surface area contributed by atoms with Crippen molar-refractivity contribution in [3.8, 4) is 0 Å². The van der Waals surface area contributed by atoms with Gasteiger partial charge in [0.1, 0.15) is 10.7 Å². The fourth-order valence-corrected chi connectivity index (χ4v) is 2.99. The van der Waals surface area contributed by atoms with E-state index < -0.39 is 10.0 Å². The molecule has 3 N–H and O–H groups in total. The standard InChI is InChI=1S/C14H15FN2O2S/c1-9-3-6-14(13(16)7-9)20(18,19)17-11-4-5-12(15)10(2)8-11/h3-8,17H,16H2,1-2H3. The van der Waals surface area contributed by atoms with Crippen LogP contribution in [0.2, 0.25) is 0 Å². The van der Waals surface area contributed by atoms with Crippen LogP contribution in [0.5, 0.6) is 0 Å². The van der Waals surface area contributed by atoms with Gasteiger partial charge in [0.2, 0.25) is 0 Å². The van der Waals surface area contributed by atoms with E-state index in [2.05, 4.69) is 4.72 Å². The first kappa shape index (κ1) is 14.3. The summed E-state index contributed by atoms with van der Waals surface area (Å²) in [4.78, 5) is 0.00470. The number of aryl methyl sites for hydroxylation is 2. The highest BCUT2D eigenvalue weighted by Gasteiger charge is 2.17. The molecule has 0 aliphatic heterocycles. The van der Waals surface area contributed by atoms with Gasteiger partial charge in [0, 0.05) is 5.69 Å². The van der Waals surface area contributed by atoms with Crippen LogP contribution in [-0.4, -0.2) is 8.42 Å². The number of rotatable bonds is 3. The first-order chi connectivity index (χ1) is 9.29. The number of halogens is 1. The third kappa shape index (κ3) is 2.91. The molecule has 0 fully saturated rings. The van der Waals surface area contributed by atoms with Crippen LogP contribution in [-0.2, 0) is 10.0 Å². The van der Waals surface area contributed by atoms with E-state index in [1.165, 1.54) is 24.3 Å². The zero-order chi connectivity index (χ0) is 14.9. The van der Waals surface area contributed by atoms with Crippen LogP contribution in [0.1, 0.15) is 11.1 Å². The molecule has 0 heterocycles. The van der Waals surface area contributed by atoms with Gasteiger partial charge in [0.05, 0.1) is 5.69 Å². The number of benzene rings is 2. The van der Waals surface area contributed by atoms with Crippen LogP contribution in [0.25, 0.3) is 0 Å². The minimum Gasteiger partial charge on any atom is -0.398 e. The predicted molar refractivity (Wildman–Crippen MR) is 77.5 cm³/mol. The van der Waals surface area contributed by atoms with E-state index in [1.807, 2.05) is 6.92 Å². The number of anilines is 2. The molecule has 106 valence electrons. The molecule has 20 heavy (non-hydrogen) atoms. The van der Waals surface area contributed by atoms with Gasteiger partial charge in [-0.15, -0.1) is 0 Å². The van der Waals surface area contributed by atoms with Crippen molar-refractivity contribution in [3.63, 3.8) is 0 Å². The highest BCUT2D eigenvalue weighted by Crippen LogP contribution is 2.23. The van der Waals surface area contributed by atoms with Crippen molar-refractivity contribution >= 4 is 21.4 Å². The second-order valence-electron chi connectivity index (χ2n) is 4.61. The van der Waals surface area contributed by atoms with Crippen molar-refractivity contribution in [1.82, 2.24) is 0 Å². The minimum absolute atomic E-state index is 0.00470. The van der Waals surface area contributed by atoms with Gasteiger partial charge in [-0.2, -0.15) is 0 Å². The molecule has 2 aromatic rings. The summed E-state index contributed by atoms with van der Waals surface area (Å²) in [5, 5.41) is 0. The molecule has 0 aliphatic rings. The molecule has 0 aliphatic carbocycles. The van der Waals surface area contributed by atoms with Crippen molar-refractivity contribution in [2.45, 2.75) is 18.7 Å². The quantitative estimate of drug-likeness (QED) is 0.855. The van der Waals surface area contributed by atoms with Crippen molar-refractivity contribution in [2.24, 2.45) is 0 Å². The zero-order valence-corrected chi connectivity index (χ0v) is 12.0. The highest BCUT2D eigenvalue weighted by atomic mass is 32.2. The van der Waals surface area contributed by atoms with Gasteiger partial charge in [-0.05, 0) is 55.3 Å². The fourth-order valence-electron chi connectivity index (χ4n) is 1.83. The molecule has 0 aromatic heterocycles. The summed E-state index contributed by atoms with van der Waals surface area (Å²) in [6.45, 7) is 3.39. The van der Waals surface area contributed by atoms with Gasteiger partial charge in [-0.25, -0.2) is 12.8 Å². The summed E-state index contributed by atoms with van der Waals surface area (Å²) in [5.41, 5.74) is 7.45. The summed E-state index contributed by atoms with van der Waals surface area (Å²) in [7, 11) is -3.79. The molecule has 6 heteroatoms. The Morgan fingerprint density at radius 3 is 2.40 bits per heavy atom. The maximum absolute atomic E-state index is 13.2. The SMILES string of the molecule is Cc1ccc(S(=O)(=O)Nc2ccc(F)c(C)c2)c(N)c1. The van der Waals surface area contributed by atoms with Gasteiger partial charge in [0.25, 0.3) is 10.0 Å². The van der Waals surface area contributed by atoms with Crippen molar-refractivity contribution < 1.29 is 12.8 Å². The Kier molecular flexibility index (Phi) is 3.67. The third-order valence-corrected chi connectivity index (χ3v) is 4.32. The molecule has 0 saturated carbocycles. The van der Waals surface area contributed by atoms with E-state index in [9.17, 15) is 12.8 Å². The lowest BCUT2D eigenvalue weighted by Crippen LogP contribution is -2.15. The second kappa shape index (κ2) is 5.13. The number of hydrogen-bond donors (Lipinski definition) is 2. The van der Waals surface area contributed by atoms with Gasteiger partial charge in [-0.3, -0.25) is 4.72 Å². The fraction of sp³-hybridized carbons (Fsp3) is 0.143. The summed E-state index contributed by atoms with van der Waals surface area (Å²) in [5.74, 6) is -0.386. The number of hydrogen-bond acceptors (Lipinski definition) is 3. The summed E-state index contributed by atoms with van der Waals surface area (Å²) < 4.78 is 40.0. The van der Waals surface area contributed by atoms with Crippen molar-refractivity contribution in [2.75, 3.05) is 10.5 Å². The maximum atomic E-state index is 13.2. The van der Waals surface area contributed by atoms with Crippen LogP contribution in [0.4, 0.5) is 15.8 Å². The molecule has 0 spiro atoms. The third-order valence-electron chi connectivity index (χ3n) is 2.86. The van der Waals surface area contributed by atoms with E-state index in [0.29, 0.717) is 11.3 Å². The maximum Gasteiger partial charge on any atom is 0.263 e. The summed E-state index contributed by atoms with van der Waals surface area (Å²) >= 11 is 0. The first-order valence-corrected chi connectivity index (χ1v) is 7.43.